The average molecular weight is 354 g/mol. The van der Waals surface area contributed by atoms with Crippen LogP contribution >= 0.6 is 11.6 Å². The molecule has 0 aliphatic carbocycles. The van der Waals surface area contributed by atoms with Gasteiger partial charge in [0.05, 0.1) is 17.6 Å². The third-order valence-corrected chi connectivity index (χ3v) is 3.93. The van der Waals surface area contributed by atoms with E-state index in [0.29, 0.717) is 22.3 Å². The van der Waals surface area contributed by atoms with Crippen molar-refractivity contribution < 1.29 is 13.9 Å². The quantitative estimate of drug-likeness (QED) is 0.594. The van der Waals surface area contributed by atoms with Crippen LogP contribution in [-0.4, -0.2) is 23.0 Å². The number of fused-ring (bicyclic) bond motifs is 2. The molecule has 0 unspecified atom stereocenters. The summed E-state index contributed by atoms with van der Waals surface area (Å²) in [5.74, 6) is 0.839. The van der Waals surface area contributed by atoms with Crippen LogP contribution in [0, 0.1) is 0 Å². The highest BCUT2D eigenvalue weighted by Crippen LogP contribution is 2.26. The Hall–Kier alpha value is -3.12. The molecule has 0 bridgehead atoms. The Kier molecular flexibility index (Phi) is 3.74. The molecule has 0 spiro atoms. The normalized spacial score (nSPS) is 11.0. The van der Waals surface area contributed by atoms with Crippen molar-refractivity contribution in [2.75, 3.05) is 12.4 Å². The van der Waals surface area contributed by atoms with E-state index in [-0.39, 0.29) is 5.76 Å². The summed E-state index contributed by atoms with van der Waals surface area (Å²) < 4.78 is 10.8. The molecular formula is C18H12ClN3O3. The molecule has 0 radical (unpaired) electrons. The highest BCUT2D eigenvalue weighted by Gasteiger charge is 2.14. The summed E-state index contributed by atoms with van der Waals surface area (Å²) in [6, 6.07) is 12.4. The number of benzene rings is 1. The Balaban J connectivity index is 1.68. The first-order valence-corrected chi connectivity index (χ1v) is 7.81. The average Bonchev–Trinajstić information content (AvgIpc) is 3.04. The van der Waals surface area contributed by atoms with Crippen molar-refractivity contribution in [1.82, 2.24) is 9.97 Å². The predicted molar refractivity (Wildman–Crippen MR) is 95.3 cm³/mol. The fourth-order valence-corrected chi connectivity index (χ4v) is 2.58. The number of methoxy groups -OCH3 is 1. The smallest absolute Gasteiger partial charge is 0.292 e. The molecule has 3 heterocycles. The van der Waals surface area contributed by atoms with Gasteiger partial charge in [-0.2, -0.15) is 0 Å². The van der Waals surface area contributed by atoms with Crippen molar-refractivity contribution in [3.05, 3.63) is 59.4 Å². The van der Waals surface area contributed by atoms with Gasteiger partial charge in [0.15, 0.2) is 5.76 Å². The van der Waals surface area contributed by atoms with Crippen molar-refractivity contribution >= 4 is 45.3 Å². The van der Waals surface area contributed by atoms with E-state index in [0.717, 1.165) is 16.3 Å². The van der Waals surface area contributed by atoms with Gasteiger partial charge >= 0.3 is 0 Å². The molecule has 0 saturated heterocycles. The Morgan fingerprint density at radius 2 is 2.04 bits per heavy atom. The number of aromatic nitrogens is 2. The minimum atomic E-state index is -0.408. The number of rotatable bonds is 3. The summed E-state index contributed by atoms with van der Waals surface area (Å²) in [6.45, 7) is 0. The molecule has 124 valence electrons. The lowest BCUT2D eigenvalue weighted by Gasteiger charge is -2.01. The summed E-state index contributed by atoms with van der Waals surface area (Å²) in [7, 11) is 1.60. The third kappa shape index (κ3) is 2.99. The second-order valence-electron chi connectivity index (χ2n) is 5.37. The number of furan rings is 1. The fraction of sp³-hybridized carbons (Fsp3) is 0.0556. The fourth-order valence-electron chi connectivity index (χ4n) is 2.47. The Bertz CT molecular complexity index is 1090. The van der Waals surface area contributed by atoms with Crippen LogP contribution in [0.25, 0.3) is 22.0 Å². The maximum Gasteiger partial charge on any atom is 0.292 e. The van der Waals surface area contributed by atoms with Gasteiger partial charge in [0, 0.05) is 23.0 Å². The number of hydrogen-bond acceptors (Lipinski definition) is 5. The molecule has 1 N–H and O–H groups in total. The molecule has 0 aliphatic heterocycles. The summed E-state index contributed by atoms with van der Waals surface area (Å²) in [6.07, 6.45) is 1.46. The topological polar surface area (TPSA) is 77.2 Å². The van der Waals surface area contributed by atoms with Gasteiger partial charge in [-0.15, -0.1) is 0 Å². The van der Waals surface area contributed by atoms with Crippen LogP contribution in [0.5, 0.6) is 5.75 Å². The number of nitrogens with one attached hydrogen (secondary N) is 1. The Morgan fingerprint density at radius 3 is 2.80 bits per heavy atom. The number of carbonyl (C=O) groups is 1. The number of carbonyl (C=O) groups excluding carboxylic acids is 1. The van der Waals surface area contributed by atoms with E-state index >= 15 is 0 Å². The number of amides is 1. The predicted octanol–water partition coefficient (Wildman–Crippen LogP) is 4.29. The molecule has 3 aromatic heterocycles. The van der Waals surface area contributed by atoms with E-state index in [1.54, 1.807) is 25.3 Å². The summed E-state index contributed by atoms with van der Waals surface area (Å²) in [5.41, 5.74) is 1.11. The highest BCUT2D eigenvalue weighted by molar-refractivity contribution is 6.30. The number of anilines is 1. The first-order valence-electron chi connectivity index (χ1n) is 7.43. The Labute approximate surface area is 147 Å². The van der Waals surface area contributed by atoms with E-state index in [9.17, 15) is 4.79 Å². The van der Waals surface area contributed by atoms with Crippen LogP contribution in [0.2, 0.25) is 5.02 Å². The number of pyridine rings is 2. The summed E-state index contributed by atoms with van der Waals surface area (Å²) in [5, 5.41) is 4.82. The first kappa shape index (κ1) is 15.4. The summed E-state index contributed by atoms with van der Waals surface area (Å²) >= 11 is 5.78. The second-order valence-corrected chi connectivity index (χ2v) is 5.80. The van der Waals surface area contributed by atoms with Crippen LogP contribution < -0.4 is 10.1 Å². The van der Waals surface area contributed by atoms with E-state index in [4.69, 9.17) is 20.8 Å². The van der Waals surface area contributed by atoms with E-state index in [1.165, 1.54) is 6.20 Å². The molecule has 4 rings (SSSR count). The molecule has 6 nitrogen and oxygen atoms in total. The minimum Gasteiger partial charge on any atom is -0.497 e. The zero-order valence-electron chi connectivity index (χ0n) is 13.1. The van der Waals surface area contributed by atoms with Crippen LogP contribution in [0.1, 0.15) is 10.6 Å². The van der Waals surface area contributed by atoms with E-state index in [2.05, 4.69) is 15.3 Å². The molecule has 1 aromatic carbocycles. The first-order chi connectivity index (χ1) is 12.1. The number of nitrogens with zero attached hydrogens (tertiary/aromatic N) is 2. The monoisotopic (exact) mass is 353 g/mol. The molecule has 7 heteroatoms. The molecule has 1 amide bonds. The van der Waals surface area contributed by atoms with Crippen LogP contribution in [0.15, 0.2) is 53.1 Å². The number of hydrogen-bond donors (Lipinski definition) is 1. The van der Waals surface area contributed by atoms with E-state index in [1.807, 2.05) is 24.3 Å². The lowest BCUT2D eigenvalue weighted by molar-refractivity contribution is 0.0998. The third-order valence-electron chi connectivity index (χ3n) is 3.70. The SMILES string of the molecule is COc1ccc2cc3cc(C(=O)Nc4ccc(Cl)cn4)oc3nc2c1. The summed E-state index contributed by atoms with van der Waals surface area (Å²) in [4.78, 5) is 20.8. The minimum absolute atomic E-state index is 0.154. The molecular weight excluding hydrogens is 342 g/mol. The maximum atomic E-state index is 12.3. The molecule has 25 heavy (non-hydrogen) atoms. The van der Waals surface area contributed by atoms with Crippen molar-refractivity contribution in [3.8, 4) is 5.75 Å². The van der Waals surface area contributed by atoms with Gasteiger partial charge in [-0.3, -0.25) is 4.79 Å². The maximum absolute atomic E-state index is 12.3. The molecule has 4 aromatic rings. The van der Waals surface area contributed by atoms with Crippen molar-refractivity contribution in [3.63, 3.8) is 0 Å². The Morgan fingerprint density at radius 1 is 1.16 bits per heavy atom. The molecule has 0 aliphatic rings. The van der Waals surface area contributed by atoms with Crippen molar-refractivity contribution in [2.45, 2.75) is 0 Å². The van der Waals surface area contributed by atoms with Crippen molar-refractivity contribution in [1.29, 1.82) is 0 Å². The standard InChI is InChI=1S/C18H12ClN3O3/c1-24-13-4-2-10-6-11-7-15(25-18(11)21-14(10)8-13)17(23)22-16-5-3-12(19)9-20-16/h2-9H,1H3,(H,20,22,23). The van der Waals surface area contributed by atoms with Crippen LogP contribution in [-0.2, 0) is 0 Å². The van der Waals surface area contributed by atoms with Gasteiger partial charge in [0.2, 0.25) is 5.71 Å². The van der Waals surface area contributed by atoms with Gasteiger partial charge in [-0.25, -0.2) is 9.97 Å². The lowest BCUT2D eigenvalue weighted by Crippen LogP contribution is -2.11. The van der Waals surface area contributed by atoms with Gasteiger partial charge in [-0.05, 0) is 36.4 Å². The second kappa shape index (κ2) is 6.07. The zero-order chi connectivity index (χ0) is 17.4. The largest absolute Gasteiger partial charge is 0.497 e. The number of ether oxygens (including phenoxy) is 1. The number of halogens is 1. The van der Waals surface area contributed by atoms with Gasteiger partial charge in [0.1, 0.15) is 11.6 Å². The molecule has 0 saturated carbocycles. The van der Waals surface area contributed by atoms with E-state index < -0.39 is 5.91 Å². The van der Waals surface area contributed by atoms with Gasteiger partial charge in [-0.1, -0.05) is 11.6 Å². The zero-order valence-corrected chi connectivity index (χ0v) is 13.9. The van der Waals surface area contributed by atoms with Gasteiger partial charge < -0.3 is 14.5 Å². The van der Waals surface area contributed by atoms with Crippen LogP contribution in [0.3, 0.4) is 0 Å². The molecule has 0 atom stereocenters. The highest BCUT2D eigenvalue weighted by atomic mass is 35.5. The lowest BCUT2D eigenvalue weighted by atomic mass is 10.2. The van der Waals surface area contributed by atoms with Crippen molar-refractivity contribution in [2.24, 2.45) is 0 Å². The van der Waals surface area contributed by atoms with Gasteiger partial charge in [0.25, 0.3) is 5.91 Å². The molecule has 0 fully saturated rings. The van der Waals surface area contributed by atoms with Crippen LogP contribution in [0.4, 0.5) is 5.82 Å².